The van der Waals surface area contributed by atoms with Gasteiger partial charge in [0.15, 0.2) is 9.84 Å². The fourth-order valence-corrected chi connectivity index (χ4v) is 3.41. The van der Waals surface area contributed by atoms with Gasteiger partial charge in [-0.1, -0.05) is 36.4 Å². The van der Waals surface area contributed by atoms with E-state index in [-0.39, 0.29) is 10.5 Å². The Morgan fingerprint density at radius 2 is 1.77 bits per heavy atom. The Labute approximate surface area is 151 Å². The molecule has 0 atom stereocenters. The zero-order valence-corrected chi connectivity index (χ0v) is 15.0. The third kappa shape index (κ3) is 4.34. The number of nitrogens with one attached hydrogen (secondary N) is 1. The van der Waals surface area contributed by atoms with E-state index in [1.54, 1.807) is 23.1 Å². The molecule has 1 N–H and O–H groups in total. The summed E-state index contributed by atoms with van der Waals surface area (Å²) in [4.78, 5) is 16.3. The minimum absolute atomic E-state index is 0.0284. The number of amides is 1. The molecule has 3 rings (SSSR count). The van der Waals surface area contributed by atoms with Crippen molar-refractivity contribution in [3.63, 3.8) is 0 Å². The molecule has 0 bridgehead atoms. The molecular formula is C18H18N4O3S. The Bertz CT molecular complexity index is 997. The van der Waals surface area contributed by atoms with Crippen molar-refractivity contribution >= 4 is 15.7 Å². The molecule has 3 aromatic rings. The minimum Gasteiger partial charge on any atom is -0.348 e. The lowest BCUT2D eigenvalue weighted by Gasteiger charge is -2.09. The number of rotatable bonds is 6. The van der Waals surface area contributed by atoms with Crippen molar-refractivity contribution in [2.24, 2.45) is 0 Å². The second kappa shape index (κ2) is 7.49. The molecule has 0 radical (unpaired) electrons. The van der Waals surface area contributed by atoms with Gasteiger partial charge in [0.1, 0.15) is 12.7 Å². The number of benzene rings is 2. The number of nitrogens with zero attached hydrogens (tertiary/aromatic N) is 3. The van der Waals surface area contributed by atoms with Crippen LogP contribution < -0.4 is 5.32 Å². The van der Waals surface area contributed by atoms with Crippen LogP contribution in [0.25, 0.3) is 0 Å². The molecule has 1 heterocycles. The zero-order valence-electron chi connectivity index (χ0n) is 14.2. The smallest absolute Gasteiger partial charge is 0.252 e. The summed E-state index contributed by atoms with van der Waals surface area (Å²) in [6.07, 6.45) is 4.22. The van der Waals surface area contributed by atoms with Gasteiger partial charge in [0.05, 0.1) is 17.0 Å². The van der Waals surface area contributed by atoms with Crippen molar-refractivity contribution in [3.05, 3.63) is 77.9 Å². The second-order valence-electron chi connectivity index (χ2n) is 5.86. The largest absolute Gasteiger partial charge is 0.348 e. The second-order valence-corrected chi connectivity index (χ2v) is 7.84. The van der Waals surface area contributed by atoms with Crippen molar-refractivity contribution in [1.82, 2.24) is 20.1 Å². The number of sulfone groups is 1. The Morgan fingerprint density at radius 3 is 2.42 bits per heavy atom. The molecule has 0 spiro atoms. The minimum atomic E-state index is -3.47. The van der Waals surface area contributed by atoms with Crippen molar-refractivity contribution in [1.29, 1.82) is 0 Å². The van der Waals surface area contributed by atoms with E-state index in [1.165, 1.54) is 18.5 Å². The fourth-order valence-electron chi connectivity index (χ4n) is 2.52. The normalized spacial score (nSPS) is 11.3. The first-order valence-corrected chi connectivity index (χ1v) is 9.80. The van der Waals surface area contributed by atoms with Gasteiger partial charge in [-0.05, 0) is 23.3 Å². The Balaban J connectivity index is 1.65. The van der Waals surface area contributed by atoms with Gasteiger partial charge < -0.3 is 5.32 Å². The lowest BCUT2D eigenvalue weighted by molar-refractivity contribution is 0.0947. The Morgan fingerprint density at radius 1 is 1.08 bits per heavy atom. The van der Waals surface area contributed by atoms with Crippen LogP contribution in [0.3, 0.4) is 0 Å². The molecule has 0 saturated carbocycles. The van der Waals surface area contributed by atoms with Crippen LogP contribution in [0.15, 0.2) is 66.1 Å². The summed E-state index contributed by atoms with van der Waals surface area (Å²) in [6.45, 7) is 0.926. The van der Waals surface area contributed by atoms with Crippen LogP contribution in [0.4, 0.5) is 0 Å². The quantitative estimate of drug-likeness (QED) is 0.712. The molecule has 134 valence electrons. The van der Waals surface area contributed by atoms with Crippen LogP contribution in [0.2, 0.25) is 0 Å². The van der Waals surface area contributed by atoms with Gasteiger partial charge in [-0.25, -0.2) is 18.1 Å². The summed E-state index contributed by atoms with van der Waals surface area (Å²) in [6, 6.07) is 13.9. The van der Waals surface area contributed by atoms with Crippen LogP contribution in [0.5, 0.6) is 0 Å². The maximum atomic E-state index is 12.4. The lowest BCUT2D eigenvalue weighted by Crippen LogP contribution is -2.24. The van der Waals surface area contributed by atoms with E-state index < -0.39 is 15.7 Å². The first-order valence-electron chi connectivity index (χ1n) is 7.91. The highest BCUT2D eigenvalue weighted by molar-refractivity contribution is 7.90. The fraction of sp³-hybridized carbons (Fsp3) is 0.167. The predicted molar refractivity (Wildman–Crippen MR) is 96.3 cm³/mol. The number of hydrogen-bond donors (Lipinski definition) is 1. The van der Waals surface area contributed by atoms with E-state index >= 15 is 0 Å². The van der Waals surface area contributed by atoms with Crippen molar-refractivity contribution in [3.8, 4) is 0 Å². The molecule has 0 aliphatic heterocycles. The van der Waals surface area contributed by atoms with E-state index in [1.807, 2.05) is 24.3 Å². The van der Waals surface area contributed by atoms with Gasteiger partial charge in [0.25, 0.3) is 5.91 Å². The molecule has 7 nitrogen and oxygen atoms in total. The standard InChI is InChI=1S/C18H18N4O3S/c1-26(24,25)17-5-3-2-4-16(17)18(23)20-10-14-6-8-15(9-7-14)11-22-13-19-12-21-22/h2-9,12-13H,10-11H2,1H3,(H,20,23). The van der Waals surface area contributed by atoms with Crippen molar-refractivity contribution < 1.29 is 13.2 Å². The first-order chi connectivity index (χ1) is 12.4. The SMILES string of the molecule is CS(=O)(=O)c1ccccc1C(=O)NCc1ccc(Cn2cncn2)cc1. The average Bonchev–Trinajstić information content (AvgIpc) is 3.13. The zero-order chi connectivity index (χ0) is 18.6. The number of hydrogen-bond acceptors (Lipinski definition) is 5. The third-order valence-electron chi connectivity index (χ3n) is 3.82. The summed E-state index contributed by atoms with van der Waals surface area (Å²) in [7, 11) is -3.47. The molecule has 2 aromatic carbocycles. The molecule has 0 aliphatic rings. The van der Waals surface area contributed by atoms with E-state index in [0.29, 0.717) is 13.1 Å². The average molecular weight is 370 g/mol. The van der Waals surface area contributed by atoms with Gasteiger partial charge >= 0.3 is 0 Å². The summed E-state index contributed by atoms with van der Waals surface area (Å²) >= 11 is 0. The molecular weight excluding hydrogens is 352 g/mol. The van der Waals surface area contributed by atoms with Crippen LogP contribution in [-0.4, -0.2) is 35.3 Å². The topological polar surface area (TPSA) is 94.0 Å². The van der Waals surface area contributed by atoms with E-state index in [9.17, 15) is 13.2 Å². The van der Waals surface area contributed by atoms with Gasteiger partial charge in [-0.2, -0.15) is 5.10 Å². The van der Waals surface area contributed by atoms with Gasteiger partial charge in [-0.3, -0.25) is 4.79 Å². The molecule has 1 amide bonds. The molecule has 0 aliphatic carbocycles. The van der Waals surface area contributed by atoms with Crippen molar-refractivity contribution in [2.45, 2.75) is 18.0 Å². The maximum Gasteiger partial charge on any atom is 0.252 e. The van der Waals surface area contributed by atoms with Gasteiger partial charge in [0, 0.05) is 12.8 Å². The Kier molecular flexibility index (Phi) is 5.13. The number of aromatic nitrogens is 3. The summed E-state index contributed by atoms with van der Waals surface area (Å²) in [5.41, 5.74) is 2.13. The van der Waals surface area contributed by atoms with Crippen molar-refractivity contribution in [2.75, 3.05) is 6.26 Å². The molecule has 8 heteroatoms. The molecule has 0 saturated heterocycles. The molecule has 0 unspecified atom stereocenters. The van der Waals surface area contributed by atoms with E-state index in [2.05, 4.69) is 15.4 Å². The third-order valence-corrected chi connectivity index (χ3v) is 4.97. The van der Waals surface area contributed by atoms with Crippen LogP contribution in [0, 0.1) is 0 Å². The highest BCUT2D eigenvalue weighted by atomic mass is 32.2. The lowest BCUT2D eigenvalue weighted by atomic mass is 10.1. The number of carbonyl (C=O) groups is 1. The highest BCUT2D eigenvalue weighted by Crippen LogP contribution is 2.15. The molecule has 1 aromatic heterocycles. The molecule has 26 heavy (non-hydrogen) atoms. The first kappa shape index (κ1) is 17.8. The summed E-state index contributed by atoms with van der Waals surface area (Å²) < 4.78 is 25.3. The Hall–Kier alpha value is -3.00. The monoisotopic (exact) mass is 370 g/mol. The number of carbonyl (C=O) groups excluding carboxylic acids is 1. The van der Waals surface area contributed by atoms with E-state index in [4.69, 9.17) is 0 Å². The van der Waals surface area contributed by atoms with Crippen LogP contribution >= 0.6 is 0 Å². The van der Waals surface area contributed by atoms with E-state index in [0.717, 1.165) is 17.4 Å². The van der Waals surface area contributed by atoms with Crippen LogP contribution in [-0.2, 0) is 22.9 Å². The summed E-state index contributed by atoms with van der Waals surface area (Å²) in [5, 5.41) is 6.82. The molecule has 0 fully saturated rings. The predicted octanol–water partition coefficient (Wildman–Crippen LogP) is 1.66. The highest BCUT2D eigenvalue weighted by Gasteiger charge is 2.17. The van der Waals surface area contributed by atoms with Crippen LogP contribution in [0.1, 0.15) is 21.5 Å². The summed E-state index contributed by atoms with van der Waals surface area (Å²) in [5.74, 6) is -0.419. The van der Waals surface area contributed by atoms with Gasteiger partial charge in [0.2, 0.25) is 0 Å². The maximum absolute atomic E-state index is 12.4. The van der Waals surface area contributed by atoms with Gasteiger partial charge in [-0.15, -0.1) is 0 Å².